The summed E-state index contributed by atoms with van der Waals surface area (Å²) < 4.78 is 0.407. The van der Waals surface area contributed by atoms with Gasteiger partial charge in [0.15, 0.2) is 0 Å². The van der Waals surface area contributed by atoms with Crippen LogP contribution in [0.15, 0.2) is 12.4 Å². The molecule has 1 aliphatic carbocycles. The molecule has 0 aliphatic heterocycles. The first kappa shape index (κ1) is 11.0. The van der Waals surface area contributed by atoms with Crippen LogP contribution in [0.4, 0.5) is 5.82 Å². The topological polar surface area (TPSA) is 37.8 Å². The van der Waals surface area contributed by atoms with E-state index in [1.807, 2.05) is 11.8 Å². The molecule has 1 saturated carbocycles. The van der Waals surface area contributed by atoms with Crippen LogP contribution in [0, 0.1) is 0 Å². The number of anilines is 1. The Bertz CT molecular complexity index is 336. The van der Waals surface area contributed by atoms with E-state index >= 15 is 0 Å². The molecule has 1 aromatic heterocycles. The second-order valence-corrected chi connectivity index (χ2v) is 5.48. The fraction of sp³-hybridized carbons (Fsp3) is 0.600. The van der Waals surface area contributed by atoms with Gasteiger partial charge in [-0.3, -0.25) is 4.98 Å². The maximum Gasteiger partial charge on any atom is 0.149 e. The molecule has 0 amide bonds. The molecule has 0 atom stereocenters. The van der Waals surface area contributed by atoms with Crippen molar-refractivity contribution in [1.29, 1.82) is 0 Å². The van der Waals surface area contributed by atoms with Crippen LogP contribution in [0.3, 0.4) is 0 Å². The van der Waals surface area contributed by atoms with Crippen LogP contribution in [0.5, 0.6) is 0 Å². The third kappa shape index (κ3) is 2.55. The highest BCUT2D eigenvalue weighted by Gasteiger charge is 2.35. The van der Waals surface area contributed by atoms with Crippen molar-refractivity contribution >= 4 is 29.2 Å². The van der Waals surface area contributed by atoms with Crippen LogP contribution in [0.1, 0.15) is 19.3 Å². The van der Waals surface area contributed by atoms with Gasteiger partial charge in [-0.15, -0.1) is 0 Å². The number of nitrogens with one attached hydrogen (secondary N) is 1. The first-order chi connectivity index (χ1) is 7.24. The highest BCUT2D eigenvalue weighted by Crippen LogP contribution is 2.42. The highest BCUT2D eigenvalue weighted by atomic mass is 35.5. The maximum atomic E-state index is 5.76. The van der Waals surface area contributed by atoms with E-state index in [1.54, 1.807) is 12.4 Å². The van der Waals surface area contributed by atoms with Gasteiger partial charge in [-0.1, -0.05) is 18.0 Å². The molecule has 1 aliphatic rings. The molecule has 15 heavy (non-hydrogen) atoms. The summed E-state index contributed by atoms with van der Waals surface area (Å²) in [6.07, 6.45) is 9.33. The summed E-state index contributed by atoms with van der Waals surface area (Å²) in [6, 6.07) is 0. The largest absolute Gasteiger partial charge is 0.367 e. The van der Waals surface area contributed by atoms with Gasteiger partial charge in [0.1, 0.15) is 11.0 Å². The predicted octanol–water partition coefficient (Wildman–Crippen LogP) is 2.83. The average Bonchev–Trinajstić information content (AvgIpc) is 2.17. The molecule has 0 bridgehead atoms. The second kappa shape index (κ2) is 4.58. The number of halogens is 1. The van der Waals surface area contributed by atoms with Gasteiger partial charge in [0.05, 0.1) is 12.4 Å². The summed E-state index contributed by atoms with van der Waals surface area (Å²) in [5, 5.41) is 3.74. The number of nitrogens with zero attached hydrogens (tertiary/aromatic N) is 2. The van der Waals surface area contributed by atoms with Crippen molar-refractivity contribution in [2.24, 2.45) is 0 Å². The Balaban J connectivity index is 1.92. The summed E-state index contributed by atoms with van der Waals surface area (Å²) in [7, 11) is 0. The van der Waals surface area contributed by atoms with E-state index in [-0.39, 0.29) is 0 Å². The fourth-order valence-electron chi connectivity index (χ4n) is 1.70. The molecule has 1 N–H and O–H groups in total. The standard InChI is InChI=1S/C10H14ClN3S/c1-15-10(3-2-4-10)7-13-9-6-12-5-8(11)14-9/h5-6H,2-4,7H2,1H3,(H,13,14). The van der Waals surface area contributed by atoms with E-state index in [9.17, 15) is 0 Å². The van der Waals surface area contributed by atoms with E-state index in [1.165, 1.54) is 19.3 Å². The van der Waals surface area contributed by atoms with Gasteiger partial charge in [-0.2, -0.15) is 11.8 Å². The molecular weight excluding hydrogens is 230 g/mol. The first-order valence-corrected chi connectivity index (χ1v) is 6.61. The molecule has 0 saturated heterocycles. The smallest absolute Gasteiger partial charge is 0.149 e. The van der Waals surface area contributed by atoms with E-state index in [2.05, 4.69) is 21.5 Å². The minimum atomic E-state index is 0.407. The molecule has 2 rings (SSSR count). The zero-order valence-corrected chi connectivity index (χ0v) is 10.2. The van der Waals surface area contributed by atoms with E-state index < -0.39 is 0 Å². The summed E-state index contributed by atoms with van der Waals surface area (Å²) >= 11 is 7.70. The number of hydrogen-bond acceptors (Lipinski definition) is 4. The molecule has 1 heterocycles. The van der Waals surface area contributed by atoms with Gasteiger partial charge < -0.3 is 5.32 Å². The lowest BCUT2D eigenvalue weighted by Gasteiger charge is -2.40. The van der Waals surface area contributed by atoms with Gasteiger partial charge in [0.25, 0.3) is 0 Å². The molecule has 82 valence electrons. The van der Waals surface area contributed by atoms with Crippen LogP contribution in [-0.2, 0) is 0 Å². The molecule has 0 aromatic carbocycles. The molecule has 3 nitrogen and oxygen atoms in total. The van der Waals surface area contributed by atoms with Crippen LogP contribution in [0.2, 0.25) is 5.15 Å². The summed E-state index contributed by atoms with van der Waals surface area (Å²) in [4.78, 5) is 8.14. The third-order valence-electron chi connectivity index (χ3n) is 2.89. The summed E-state index contributed by atoms with van der Waals surface area (Å²) in [6.45, 7) is 0.948. The molecule has 1 aromatic rings. The zero-order chi connectivity index (χ0) is 10.7. The van der Waals surface area contributed by atoms with Crippen LogP contribution in [0.25, 0.3) is 0 Å². The molecule has 0 unspecified atom stereocenters. The van der Waals surface area contributed by atoms with Crippen molar-refractivity contribution in [3.05, 3.63) is 17.5 Å². The molecule has 5 heteroatoms. The van der Waals surface area contributed by atoms with Crippen molar-refractivity contribution in [3.8, 4) is 0 Å². The number of aromatic nitrogens is 2. The van der Waals surface area contributed by atoms with E-state index in [0.717, 1.165) is 12.4 Å². The lowest BCUT2D eigenvalue weighted by atomic mass is 9.84. The van der Waals surface area contributed by atoms with Crippen molar-refractivity contribution in [2.75, 3.05) is 18.1 Å². The number of hydrogen-bond donors (Lipinski definition) is 1. The van der Waals surface area contributed by atoms with Crippen molar-refractivity contribution in [3.63, 3.8) is 0 Å². The second-order valence-electron chi connectivity index (χ2n) is 3.82. The number of thioether (sulfide) groups is 1. The Morgan fingerprint density at radius 3 is 2.87 bits per heavy atom. The van der Waals surface area contributed by atoms with Crippen LogP contribution >= 0.6 is 23.4 Å². The minimum absolute atomic E-state index is 0.407. The van der Waals surface area contributed by atoms with E-state index in [0.29, 0.717) is 9.90 Å². The van der Waals surface area contributed by atoms with Crippen molar-refractivity contribution in [1.82, 2.24) is 9.97 Å². The molecule has 1 fully saturated rings. The van der Waals surface area contributed by atoms with Crippen molar-refractivity contribution in [2.45, 2.75) is 24.0 Å². The normalized spacial score (nSPS) is 18.3. The highest BCUT2D eigenvalue weighted by molar-refractivity contribution is 8.00. The maximum absolute atomic E-state index is 5.76. The van der Waals surface area contributed by atoms with Crippen molar-refractivity contribution < 1.29 is 0 Å². The lowest BCUT2D eigenvalue weighted by molar-refractivity contribution is 0.379. The van der Waals surface area contributed by atoms with E-state index in [4.69, 9.17) is 11.6 Å². The lowest BCUT2D eigenvalue weighted by Crippen LogP contribution is -2.40. The summed E-state index contributed by atoms with van der Waals surface area (Å²) in [5.74, 6) is 0.767. The van der Waals surface area contributed by atoms with Gasteiger partial charge in [0, 0.05) is 11.3 Å². The quantitative estimate of drug-likeness (QED) is 0.883. The predicted molar refractivity (Wildman–Crippen MR) is 65.6 cm³/mol. The molecule has 0 spiro atoms. The van der Waals surface area contributed by atoms with Gasteiger partial charge in [-0.05, 0) is 19.1 Å². The Kier molecular flexibility index (Phi) is 3.36. The molecule has 0 radical (unpaired) electrons. The minimum Gasteiger partial charge on any atom is -0.367 e. The van der Waals surface area contributed by atoms with Crippen LogP contribution in [-0.4, -0.2) is 27.5 Å². The van der Waals surface area contributed by atoms with Crippen LogP contribution < -0.4 is 5.32 Å². The van der Waals surface area contributed by atoms with Gasteiger partial charge in [0.2, 0.25) is 0 Å². The Hall–Kier alpha value is -0.480. The fourth-order valence-corrected chi connectivity index (χ4v) is 2.76. The Labute approximate surface area is 99.0 Å². The molecular formula is C10H14ClN3S. The number of rotatable bonds is 4. The average molecular weight is 244 g/mol. The van der Waals surface area contributed by atoms with Gasteiger partial charge in [-0.25, -0.2) is 4.98 Å². The SMILES string of the molecule is CSC1(CNc2cncc(Cl)n2)CCC1. The first-order valence-electron chi connectivity index (χ1n) is 5.01. The van der Waals surface area contributed by atoms with Gasteiger partial charge >= 0.3 is 0 Å². The Morgan fingerprint density at radius 1 is 1.53 bits per heavy atom. The Morgan fingerprint density at radius 2 is 2.33 bits per heavy atom. The monoisotopic (exact) mass is 243 g/mol. The zero-order valence-electron chi connectivity index (χ0n) is 8.66. The third-order valence-corrected chi connectivity index (χ3v) is 4.50. The summed E-state index contributed by atoms with van der Waals surface area (Å²) in [5.41, 5.74) is 0.